The van der Waals surface area contributed by atoms with Gasteiger partial charge in [0.2, 0.25) is 0 Å². The van der Waals surface area contributed by atoms with Crippen molar-refractivity contribution in [3.63, 3.8) is 0 Å². The van der Waals surface area contributed by atoms with E-state index in [4.69, 9.17) is 9.84 Å². The molecule has 4 nitrogen and oxygen atoms in total. The van der Waals surface area contributed by atoms with Crippen molar-refractivity contribution < 1.29 is 19.7 Å². The fourth-order valence-electron chi connectivity index (χ4n) is 1.42. The second-order valence-electron chi connectivity index (χ2n) is 3.55. The van der Waals surface area contributed by atoms with Gasteiger partial charge in [0, 0.05) is 5.56 Å². The average Bonchev–Trinajstić information content (AvgIpc) is 2.84. The van der Waals surface area contributed by atoms with Crippen molar-refractivity contribution in [1.82, 2.24) is 0 Å². The third-order valence-corrected chi connectivity index (χ3v) is 2.38. The predicted octanol–water partition coefficient (Wildman–Crippen LogP) is 1.34. The van der Waals surface area contributed by atoms with Gasteiger partial charge in [0.25, 0.3) is 0 Å². The van der Waals surface area contributed by atoms with Crippen LogP contribution in [0.15, 0.2) is 18.2 Å². The third-order valence-electron chi connectivity index (χ3n) is 2.38. The SMILES string of the molecule is CC1(c2cc(O)ccc2C(=O)O)CO1. The molecule has 74 valence electrons. The molecule has 1 aromatic carbocycles. The van der Waals surface area contributed by atoms with Crippen LogP contribution in [0.3, 0.4) is 0 Å². The Morgan fingerprint density at radius 1 is 1.57 bits per heavy atom. The van der Waals surface area contributed by atoms with Gasteiger partial charge in [-0.15, -0.1) is 0 Å². The fraction of sp³-hybridized carbons (Fsp3) is 0.300. The van der Waals surface area contributed by atoms with E-state index in [9.17, 15) is 9.90 Å². The molecule has 1 atom stereocenters. The number of aromatic hydroxyl groups is 1. The van der Waals surface area contributed by atoms with Crippen LogP contribution < -0.4 is 0 Å². The second-order valence-corrected chi connectivity index (χ2v) is 3.55. The van der Waals surface area contributed by atoms with Crippen LogP contribution in [0.25, 0.3) is 0 Å². The smallest absolute Gasteiger partial charge is 0.336 e. The van der Waals surface area contributed by atoms with Crippen LogP contribution in [-0.2, 0) is 10.3 Å². The molecule has 0 aliphatic carbocycles. The predicted molar refractivity (Wildman–Crippen MR) is 48.4 cm³/mol. The molecule has 1 aromatic rings. The molecule has 2 N–H and O–H groups in total. The zero-order chi connectivity index (χ0) is 10.3. The summed E-state index contributed by atoms with van der Waals surface area (Å²) in [5.41, 5.74) is 0.180. The summed E-state index contributed by atoms with van der Waals surface area (Å²) in [6.45, 7) is 2.30. The quantitative estimate of drug-likeness (QED) is 0.697. The van der Waals surface area contributed by atoms with E-state index < -0.39 is 11.6 Å². The number of carboxylic acid groups (broad SMARTS) is 1. The van der Waals surface area contributed by atoms with Crippen LogP contribution in [0.4, 0.5) is 0 Å². The second kappa shape index (κ2) is 2.72. The van der Waals surface area contributed by atoms with Gasteiger partial charge < -0.3 is 14.9 Å². The Bertz CT molecular complexity index is 393. The van der Waals surface area contributed by atoms with Gasteiger partial charge in [-0.3, -0.25) is 0 Å². The van der Waals surface area contributed by atoms with Crippen LogP contribution in [0.2, 0.25) is 0 Å². The maximum Gasteiger partial charge on any atom is 0.336 e. The Kier molecular flexibility index (Phi) is 1.75. The van der Waals surface area contributed by atoms with Crippen molar-refractivity contribution in [2.24, 2.45) is 0 Å². The summed E-state index contributed by atoms with van der Waals surface area (Å²) in [5.74, 6) is -0.946. The van der Waals surface area contributed by atoms with Crippen molar-refractivity contribution in [1.29, 1.82) is 0 Å². The zero-order valence-electron chi connectivity index (χ0n) is 7.65. The zero-order valence-corrected chi connectivity index (χ0v) is 7.65. The Labute approximate surface area is 80.7 Å². The summed E-state index contributed by atoms with van der Waals surface area (Å²) in [6, 6.07) is 4.19. The Morgan fingerprint density at radius 3 is 2.71 bits per heavy atom. The van der Waals surface area contributed by atoms with Crippen LogP contribution in [0.1, 0.15) is 22.8 Å². The number of epoxide rings is 1. The number of hydrogen-bond acceptors (Lipinski definition) is 3. The summed E-state index contributed by atoms with van der Waals surface area (Å²) in [5, 5.41) is 18.2. The molecule has 1 unspecified atom stereocenters. The minimum atomic E-state index is -1.00. The monoisotopic (exact) mass is 194 g/mol. The number of carboxylic acids is 1. The molecule has 0 radical (unpaired) electrons. The van der Waals surface area contributed by atoms with Gasteiger partial charge in [0.15, 0.2) is 0 Å². The molecule has 2 rings (SSSR count). The van der Waals surface area contributed by atoms with Gasteiger partial charge >= 0.3 is 5.97 Å². The number of benzene rings is 1. The van der Waals surface area contributed by atoms with Crippen molar-refractivity contribution in [3.05, 3.63) is 29.3 Å². The Morgan fingerprint density at radius 2 is 2.21 bits per heavy atom. The van der Waals surface area contributed by atoms with E-state index in [-0.39, 0.29) is 11.3 Å². The molecular formula is C10H10O4. The van der Waals surface area contributed by atoms with E-state index in [0.29, 0.717) is 12.2 Å². The first-order valence-corrected chi connectivity index (χ1v) is 4.24. The standard InChI is InChI=1S/C10H10O4/c1-10(5-14-10)8-4-6(11)2-3-7(8)9(12)13/h2-4,11H,5H2,1H3,(H,12,13). The first kappa shape index (κ1) is 9.02. The van der Waals surface area contributed by atoms with E-state index in [1.807, 2.05) is 0 Å². The summed E-state index contributed by atoms with van der Waals surface area (Å²) >= 11 is 0. The van der Waals surface area contributed by atoms with Gasteiger partial charge in [-0.05, 0) is 25.1 Å². The number of carbonyl (C=O) groups is 1. The molecule has 1 aliphatic heterocycles. The maximum absolute atomic E-state index is 10.9. The largest absolute Gasteiger partial charge is 0.508 e. The highest BCUT2D eigenvalue weighted by molar-refractivity contribution is 5.90. The van der Waals surface area contributed by atoms with E-state index in [0.717, 1.165) is 0 Å². The van der Waals surface area contributed by atoms with E-state index in [1.165, 1.54) is 18.2 Å². The van der Waals surface area contributed by atoms with Gasteiger partial charge in [-0.1, -0.05) is 0 Å². The topological polar surface area (TPSA) is 70.1 Å². The molecule has 0 amide bonds. The van der Waals surface area contributed by atoms with Crippen LogP contribution in [0.5, 0.6) is 5.75 Å². The van der Waals surface area contributed by atoms with Crippen LogP contribution in [-0.4, -0.2) is 22.8 Å². The first-order valence-electron chi connectivity index (χ1n) is 4.24. The Balaban J connectivity index is 2.54. The van der Waals surface area contributed by atoms with Gasteiger partial charge in [0.05, 0.1) is 12.2 Å². The van der Waals surface area contributed by atoms with Gasteiger partial charge in [0.1, 0.15) is 11.4 Å². The van der Waals surface area contributed by atoms with E-state index in [1.54, 1.807) is 6.92 Å². The number of aromatic carboxylic acids is 1. The molecule has 0 bridgehead atoms. The minimum Gasteiger partial charge on any atom is -0.508 e. The summed E-state index contributed by atoms with van der Waals surface area (Å²) in [4.78, 5) is 10.9. The molecule has 1 heterocycles. The molecule has 1 fully saturated rings. The normalized spacial score (nSPS) is 24.6. The van der Waals surface area contributed by atoms with Crippen LogP contribution in [0, 0.1) is 0 Å². The molecule has 1 saturated heterocycles. The van der Waals surface area contributed by atoms with Gasteiger partial charge in [-0.25, -0.2) is 4.79 Å². The number of phenolic OH excluding ortho intramolecular Hbond substituents is 1. The third kappa shape index (κ3) is 1.33. The van der Waals surface area contributed by atoms with Crippen molar-refractivity contribution >= 4 is 5.97 Å². The molecule has 14 heavy (non-hydrogen) atoms. The lowest BCUT2D eigenvalue weighted by Gasteiger charge is -2.09. The molecule has 0 spiro atoms. The summed E-state index contributed by atoms with van der Waals surface area (Å²) < 4.78 is 5.15. The Hall–Kier alpha value is -1.55. The lowest BCUT2D eigenvalue weighted by Crippen LogP contribution is -2.10. The lowest BCUT2D eigenvalue weighted by molar-refractivity contribution is 0.0693. The number of phenols is 1. The van der Waals surface area contributed by atoms with E-state index in [2.05, 4.69) is 0 Å². The highest BCUT2D eigenvalue weighted by Crippen LogP contribution is 2.40. The highest BCUT2D eigenvalue weighted by Gasteiger charge is 2.43. The molecule has 0 aromatic heterocycles. The highest BCUT2D eigenvalue weighted by atomic mass is 16.6. The summed E-state index contributed by atoms with van der Waals surface area (Å²) in [7, 11) is 0. The van der Waals surface area contributed by atoms with E-state index >= 15 is 0 Å². The fourth-order valence-corrected chi connectivity index (χ4v) is 1.42. The summed E-state index contributed by atoms with van der Waals surface area (Å²) in [6.07, 6.45) is 0. The number of hydrogen-bond donors (Lipinski definition) is 2. The van der Waals surface area contributed by atoms with Gasteiger partial charge in [-0.2, -0.15) is 0 Å². The lowest BCUT2D eigenvalue weighted by atomic mass is 9.96. The van der Waals surface area contributed by atoms with Crippen LogP contribution >= 0.6 is 0 Å². The van der Waals surface area contributed by atoms with Crippen molar-refractivity contribution in [3.8, 4) is 5.75 Å². The van der Waals surface area contributed by atoms with Crippen molar-refractivity contribution in [2.75, 3.05) is 6.61 Å². The average molecular weight is 194 g/mol. The maximum atomic E-state index is 10.9. The number of ether oxygens (including phenoxy) is 1. The first-order chi connectivity index (χ1) is 6.53. The molecule has 1 aliphatic rings. The molecule has 4 heteroatoms. The van der Waals surface area contributed by atoms with Crippen molar-refractivity contribution in [2.45, 2.75) is 12.5 Å². The molecule has 0 saturated carbocycles. The number of rotatable bonds is 2. The molecular weight excluding hydrogens is 184 g/mol. The minimum absolute atomic E-state index is 0.0572.